The number of likely N-dealkylation sites (tertiary alicyclic amines) is 1. The van der Waals surface area contributed by atoms with Gasteiger partial charge in [0.1, 0.15) is 19.0 Å². The Morgan fingerprint density at radius 1 is 1.23 bits per heavy atom. The van der Waals surface area contributed by atoms with Crippen molar-refractivity contribution in [3.63, 3.8) is 0 Å². The highest BCUT2D eigenvalue weighted by atomic mass is 35.5. The number of rotatable bonds is 5. The van der Waals surface area contributed by atoms with Gasteiger partial charge in [0.25, 0.3) is 0 Å². The van der Waals surface area contributed by atoms with Gasteiger partial charge in [0, 0.05) is 47.9 Å². The van der Waals surface area contributed by atoms with E-state index in [0.717, 1.165) is 0 Å². The van der Waals surface area contributed by atoms with E-state index in [9.17, 15) is 18.3 Å². The molecule has 31 heavy (non-hydrogen) atoms. The van der Waals surface area contributed by atoms with Crippen LogP contribution in [0.3, 0.4) is 0 Å². The largest absolute Gasteiger partial charge is 0.384 e. The summed E-state index contributed by atoms with van der Waals surface area (Å²) in [5.74, 6) is -0.994. The number of nitrogens with one attached hydrogen (secondary N) is 1. The highest BCUT2D eigenvalue weighted by Crippen LogP contribution is 2.45. The van der Waals surface area contributed by atoms with Crippen molar-refractivity contribution >= 4 is 22.6 Å². The minimum atomic E-state index is -1.25. The summed E-state index contributed by atoms with van der Waals surface area (Å²) in [7, 11) is 0. The summed E-state index contributed by atoms with van der Waals surface area (Å²) in [5.41, 5.74) is 1.11. The highest BCUT2D eigenvalue weighted by Gasteiger charge is 2.47. The number of hydrogen-bond acceptors (Lipinski definition) is 3. The Kier molecular flexibility index (Phi) is 6.03. The van der Waals surface area contributed by atoms with Crippen molar-refractivity contribution in [2.45, 2.75) is 25.5 Å². The summed E-state index contributed by atoms with van der Waals surface area (Å²) >= 11 is 6.64. The molecule has 1 unspecified atom stereocenters. The van der Waals surface area contributed by atoms with Crippen molar-refractivity contribution in [3.05, 3.63) is 53.1 Å². The smallest absolute Gasteiger partial charge is 0.150 e. The van der Waals surface area contributed by atoms with E-state index in [1.165, 1.54) is 6.20 Å². The van der Waals surface area contributed by atoms with Crippen LogP contribution in [0.25, 0.3) is 22.2 Å². The van der Waals surface area contributed by atoms with Crippen LogP contribution in [-0.4, -0.2) is 52.5 Å². The maximum Gasteiger partial charge on any atom is 0.150 e. The van der Waals surface area contributed by atoms with Crippen molar-refractivity contribution in [1.82, 2.24) is 14.9 Å². The molecule has 2 N–H and O–H groups in total. The number of hydrogen-bond donors (Lipinski definition) is 2. The van der Waals surface area contributed by atoms with Crippen LogP contribution < -0.4 is 0 Å². The number of alkyl halides is 2. The predicted molar refractivity (Wildman–Crippen MR) is 116 cm³/mol. The molecule has 0 amide bonds. The van der Waals surface area contributed by atoms with Crippen LogP contribution in [0.5, 0.6) is 0 Å². The number of nitrogens with zero attached hydrogens (tertiary/aromatic N) is 2. The van der Waals surface area contributed by atoms with E-state index in [1.54, 1.807) is 35.4 Å². The third-order valence-corrected chi connectivity index (χ3v) is 6.94. The number of halogens is 4. The zero-order valence-electron chi connectivity index (χ0n) is 17.4. The van der Waals surface area contributed by atoms with Gasteiger partial charge in [0.2, 0.25) is 0 Å². The van der Waals surface area contributed by atoms with Gasteiger partial charge < -0.3 is 10.1 Å². The standard InChI is InChI=1S/C23H25ClF3N3O/c1-13-11-30(16(8-25)9-26)12-14(2)23(13,31)18-4-3-15(7-19(18)24)17-5-6-28-22-21(17)20(27)10-29-22/h3-7,10,13-14,16,31H,8-9,11-12H2,1-2H3,(H,28,29)/t13-,14+,23?. The molecule has 0 spiro atoms. The normalized spacial score (nSPS) is 24.9. The summed E-state index contributed by atoms with van der Waals surface area (Å²) < 4.78 is 40.7. The zero-order valence-corrected chi connectivity index (χ0v) is 18.1. The Morgan fingerprint density at radius 3 is 2.52 bits per heavy atom. The Hall–Kier alpha value is -2.09. The molecule has 0 bridgehead atoms. The molecule has 3 aromatic rings. The summed E-state index contributed by atoms with van der Waals surface area (Å²) in [6.45, 7) is 2.91. The van der Waals surface area contributed by atoms with Gasteiger partial charge in [-0.15, -0.1) is 0 Å². The van der Waals surface area contributed by atoms with Gasteiger partial charge >= 0.3 is 0 Å². The molecule has 8 heteroatoms. The fourth-order valence-corrected chi connectivity index (χ4v) is 5.20. The zero-order chi connectivity index (χ0) is 22.3. The third-order valence-electron chi connectivity index (χ3n) is 6.63. The van der Waals surface area contributed by atoms with Crippen LogP contribution in [0.15, 0.2) is 36.7 Å². The van der Waals surface area contributed by atoms with Crippen molar-refractivity contribution in [2.24, 2.45) is 11.8 Å². The number of H-pyrrole nitrogens is 1. The molecule has 4 nitrogen and oxygen atoms in total. The number of aromatic amines is 1. The lowest BCUT2D eigenvalue weighted by atomic mass is 9.70. The predicted octanol–water partition coefficient (Wildman–Crippen LogP) is 5.11. The van der Waals surface area contributed by atoms with Gasteiger partial charge in [-0.1, -0.05) is 37.6 Å². The lowest BCUT2D eigenvalue weighted by Gasteiger charge is -2.49. The molecule has 1 aliphatic rings. The van der Waals surface area contributed by atoms with Crippen LogP contribution in [0.1, 0.15) is 19.4 Å². The number of aliphatic hydroxyl groups is 1. The first-order valence-corrected chi connectivity index (χ1v) is 10.7. The van der Waals surface area contributed by atoms with E-state index in [4.69, 9.17) is 11.6 Å². The van der Waals surface area contributed by atoms with Gasteiger partial charge in [-0.05, 0) is 23.3 Å². The maximum atomic E-state index is 14.3. The lowest BCUT2D eigenvalue weighted by Crippen LogP contribution is -2.57. The lowest BCUT2D eigenvalue weighted by molar-refractivity contribution is -0.122. The molecule has 0 radical (unpaired) electrons. The molecule has 1 saturated heterocycles. The summed E-state index contributed by atoms with van der Waals surface area (Å²) in [4.78, 5) is 8.70. The quantitative estimate of drug-likeness (QED) is 0.567. The highest BCUT2D eigenvalue weighted by molar-refractivity contribution is 6.31. The van der Waals surface area contributed by atoms with Crippen LogP contribution in [0.4, 0.5) is 13.2 Å². The fourth-order valence-electron chi connectivity index (χ4n) is 4.87. The van der Waals surface area contributed by atoms with Crippen molar-refractivity contribution in [3.8, 4) is 11.1 Å². The maximum absolute atomic E-state index is 14.3. The number of fused-ring (bicyclic) bond motifs is 1. The van der Waals surface area contributed by atoms with Gasteiger partial charge in [-0.3, -0.25) is 4.90 Å². The second-order valence-electron chi connectivity index (χ2n) is 8.46. The Morgan fingerprint density at radius 2 is 1.90 bits per heavy atom. The number of benzene rings is 1. The summed E-state index contributed by atoms with van der Waals surface area (Å²) in [5, 5.41) is 12.4. The first-order chi connectivity index (χ1) is 14.8. The molecule has 0 aliphatic carbocycles. The molecule has 1 aliphatic heterocycles. The monoisotopic (exact) mass is 451 g/mol. The van der Waals surface area contributed by atoms with E-state index >= 15 is 0 Å². The van der Waals surface area contributed by atoms with Gasteiger partial charge in [0.05, 0.1) is 17.0 Å². The van der Waals surface area contributed by atoms with Gasteiger partial charge in [-0.2, -0.15) is 0 Å². The van der Waals surface area contributed by atoms with E-state index < -0.39 is 30.8 Å². The van der Waals surface area contributed by atoms with Crippen molar-refractivity contribution in [1.29, 1.82) is 0 Å². The minimum absolute atomic E-state index is 0.296. The van der Waals surface area contributed by atoms with Gasteiger partial charge in [0.15, 0.2) is 5.82 Å². The Balaban J connectivity index is 1.70. The van der Waals surface area contributed by atoms with E-state index in [-0.39, 0.29) is 11.8 Å². The minimum Gasteiger partial charge on any atom is -0.384 e. The third kappa shape index (κ3) is 3.62. The first-order valence-electron chi connectivity index (χ1n) is 10.3. The van der Waals surface area contributed by atoms with Gasteiger partial charge in [-0.25, -0.2) is 18.2 Å². The second kappa shape index (κ2) is 8.45. The molecular formula is C23H25ClF3N3O. The average molecular weight is 452 g/mol. The average Bonchev–Trinajstić information content (AvgIpc) is 3.14. The Bertz CT molecular complexity index is 1070. The van der Waals surface area contributed by atoms with Crippen LogP contribution >= 0.6 is 11.6 Å². The van der Waals surface area contributed by atoms with E-state index in [0.29, 0.717) is 45.8 Å². The van der Waals surface area contributed by atoms with E-state index in [2.05, 4.69) is 9.97 Å². The second-order valence-corrected chi connectivity index (χ2v) is 8.86. The SMILES string of the molecule is C[C@@H]1CN(C(CF)CF)C[C@H](C)C1(O)c1ccc(-c2ccnc3[nH]cc(F)c23)cc1Cl. The first kappa shape index (κ1) is 22.1. The molecule has 166 valence electrons. The summed E-state index contributed by atoms with van der Waals surface area (Å²) in [6.07, 6.45) is 2.86. The molecule has 4 rings (SSSR count). The topological polar surface area (TPSA) is 52.1 Å². The van der Waals surface area contributed by atoms with Crippen LogP contribution in [0.2, 0.25) is 5.02 Å². The van der Waals surface area contributed by atoms with Crippen molar-refractivity contribution < 1.29 is 18.3 Å². The molecule has 1 fully saturated rings. The van der Waals surface area contributed by atoms with E-state index in [1.807, 2.05) is 13.8 Å². The number of piperidine rings is 1. The molecule has 3 atom stereocenters. The fraction of sp³-hybridized carbons (Fsp3) is 0.435. The molecule has 2 aromatic heterocycles. The molecule has 0 saturated carbocycles. The molecule has 3 heterocycles. The molecular weight excluding hydrogens is 427 g/mol. The number of aromatic nitrogens is 2. The van der Waals surface area contributed by atoms with Crippen molar-refractivity contribution in [2.75, 3.05) is 26.4 Å². The Labute approximate surface area is 184 Å². The number of pyridine rings is 1. The molecule has 1 aromatic carbocycles. The summed E-state index contributed by atoms with van der Waals surface area (Å²) in [6, 6.07) is 6.21. The van der Waals surface area contributed by atoms with Crippen LogP contribution in [-0.2, 0) is 5.60 Å². The van der Waals surface area contributed by atoms with Crippen LogP contribution in [0, 0.1) is 17.7 Å².